The number of hydrogen-bond acceptors (Lipinski definition) is 7. The largest absolute Gasteiger partial charge is 0.492 e. The number of benzene rings is 3. The molecule has 1 saturated heterocycles. The van der Waals surface area contributed by atoms with E-state index in [-0.39, 0.29) is 36.6 Å². The maximum absolute atomic E-state index is 12.7. The molecule has 35 heavy (non-hydrogen) atoms. The van der Waals surface area contributed by atoms with E-state index < -0.39 is 4.92 Å². The van der Waals surface area contributed by atoms with Crippen molar-refractivity contribution in [2.24, 2.45) is 0 Å². The molecule has 0 aromatic heterocycles. The number of thioether (sulfide) groups is 1. The number of para-hydroxylation sites is 1. The van der Waals surface area contributed by atoms with Crippen molar-refractivity contribution in [3.05, 3.63) is 105 Å². The molecule has 0 N–H and O–H groups in total. The summed E-state index contributed by atoms with van der Waals surface area (Å²) in [5.41, 5.74) is 2.32. The van der Waals surface area contributed by atoms with Crippen LogP contribution in [0.25, 0.3) is 6.08 Å². The summed E-state index contributed by atoms with van der Waals surface area (Å²) in [7, 11) is 0. The number of carbonyl (C=O) groups is 2. The number of nitrogens with zero attached hydrogens (tertiary/aromatic N) is 2. The maximum atomic E-state index is 12.7. The molecule has 0 aliphatic carbocycles. The number of hydrogen-bond donors (Lipinski definition) is 0. The maximum Gasteiger partial charge on any atom is 0.293 e. The highest BCUT2D eigenvalue weighted by Gasteiger charge is 2.34. The minimum absolute atomic E-state index is 0.00381. The van der Waals surface area contributed by atoms with Gasteiger partial charge in [0.2, 0.25) is 0 Å². The van der Waals surface area contributed by atoms with Crippen LogP contribution in [0.1, 0.15) is 16.7 Å². The van der Waals surface area contributed by atoms with Crippen LogP contribution in [0, 0.1) is 17.0 Å². The van der Waals surface area contributed by atoms with Crippen LogP contribution in [0.15, 0.2) is 77.7 Å². The predicted octanol–water partition coefficient (Wildman–Crippen LogP) is 5.60. The van der Waals surface area contributed by atoms with Crippen molar-refractivity contribution >= 4 is 34.7 Å². The summed E-state index contributed by atoms with van der Waals surface area (Å²) in [6.07, 6.45) is 1.65. The number of ether oxygens (including phenoxy) is 2. The van der Waals surface area contributed by atoms with E-state index in [1.807, 2.05) is 31.2 Å². The molecule has 1 heterocycles. The third kappa shape index (κ3) is 6.07. The number of aryl methyl sites for hydroxylation is 1. The van der Waals surface area contributed by atoms with Gasteiger partial charge < -0.3 is 9.47 Å². The Labute approximate surface area is 206 Å². The molecule has 0 saturated carbocycles. The molecule has 1 aliphatic rings. The van der Waals surface area contributed by atoms with Crippen LogP contribution >= 0.6 is 11.8 Å². The van der Waals surface area contributed by atoms with Crippen LogP contribution < -0.4 is 9.47 Å². The first-order valence-electron chi connectivity index (χ1n) is 10.8. The van der Waals surface area contributed by atoms with Crippen LogP contribution in [0.5, 0.6) is 11.5 Å². The van der Waals surface area contributed by atoms with Crippen molar-refractivity contribution in [3.8, 4) is 11.5 Å². The average Bonchev–Trinajstić information content (AvgIpc) is 3.12. The van der Waals surface area contributed by atoms with Gasteiger partial charge in [-0.05, 0) is 60.7 Å². The number of nitro benzene ring substituents is 1. The summed E-state index contributed by atoms with van der Waals surface area (Å²) >= 11 is 0.889. The Kier molecular flexibility index (Phi) is 7.47. The third-order valence-electron chi connectivity index (χ3n) is 5.24. The molecule has 0 radical (unpaired) electrons. The first-order chi connectivity index (χ1) is 16.9. The molecule has 1 aliphatic heterocycles. The summed E-state index contributed by atoms with van der Waals surface area (Å²) in [4.78, 5) is 37.2. The fourth-order valence-corrected chi connectivity index (χ4v) is 4.23. The van der Waals surface area contributed by atoms with Gasteiger partial charge in [0.1, 0.15) is 24.7 Å². The zero-order valence-electron chi connectivity index (χ0n) is 18.9. The number of rotatable bonds is 9. The SMILES string of the molecule is Cc1ccc(OCCN2C(=O)S/C(=C\c3ccc(OCc4ccccc4[N+](=O)[O-])cc3)C2=O)cc1. The molecule has 3 aromatic carbocycles. The van der Waals surface area contributed by atoms with Crippen LogP contribution in [0.3, 0.4) is 0 Å². The molecule has 178 valence electrons. The number of carbonyl (C=O) groups excluding carboxylic acids is 2. The van der Waals surface area contributed by atoms with Gasteiger partial charge in [-0.15, -0.1) is 0 Å². The van der Waals surface area contributed by atoms with Crippen LogP contribution in [0.2, 0.25) is 0 Å². The fourth-order valence-electron chi connectivity index (χ4n) is 3.37. The lowest BCUT2D eigenvalue weighted by molar-refractivity contribution is -0.385. The Morgan fingerprint density at radius 1 is 0.943 bits per heavy atom. The summed E-state index contributed by atoms with van der Waals surface area (Å²) in [6.45, 7) is 2.41. The molecule has 0 unspecified atom stereocenters. The zero-order valence-corrected chi connectivity index (χ0v) is 19.7. The van der Waals surface area contributed by atoms with Crippen molar-refractivity contribution in [3.63, 3.8) is 0 Å². The van der Waals surface area contributed by atoms with Crippen LogP contribution in [-0.4, -0.2) is 34.1 Å². The van der Waals surface area contributed by atoms with Gasteiger partial charge in [0.25, 0.3) is 16.8 Å². The van der Waals surface area contributed by atoms with E-state index in [4.69, 9.17) is 9.47 Å². The second-order valence-corrected chi connectivity index (χ2v) is 8.73. The normalized spacial score (nSPS) is 14.4. The lowest BCUT2D eigenvalue weighted by Crippen LogP contribution is -2.32. The molecule has 8 nitrogen and oxygen atoms in total. The smallest absolute Gasteiger partial charge is 0.293 e. The lowest BCUT2D eigenvalue weighted by Gasteiger charge is -2.13. The minimum atomic E-state index is -0.441. The van der Waals surface area contributed by atoms with E-state index in [2.05, 4.69) is 0 Å². The van der Waals surface area contributed by atoms with Crippen LogP contribution in [0.4, 0.5) is 10.5 Å². The molecule has 0 spiro atoms. The summed E-state index contributed by atoms with van der Waals surface area (Å²) in [5, 5.41) is 10.8. The van der Waals surface area contributed by atoms with Gasteiger partial charge in [-0.2, -0.15) is 0 Å². The molecule has 1 fully saturated rings. The van der Waals surface area contributed by atoms with Crippen LogP contribution in [-0.2, 0) is 11.4 Å². The Morgan fingerprint density at radius 3 is 2.31 bits per heavy atom. The summed E-state index contributed by atoms with van der Waals surface area (Å²) in [5.74, 6) is 0.855. The second-order valence-electron chi connectivity index (χ2n) is 7.74. The number of amides is 2. The molecular weight excluding hydrogens is 468 g/mol. The van der Waals surface area contributed by atoms with Crippen molar-refractivity contribution < 1.29 is 24.0 Å². The van der Waals surface area contributed by atoms with Crippen molar-refractivity contribution in [2.75, 3.05) is 13.2 Å². The van der Waals surface area contributed by atoms with Gasteiger partial charge in [0.15, 0.2) is 0 Å². The Bertz CT molecular complexity index is 1270. The minimum Gasteiger partial charge on any atom is -0.492 e. The van der Waals surface area contributed by atoms with E-state index in [9.17, 15) is 19.7 Å². The average molecular weight is 491 g/mol. The van der Waals surface area contributed by atoms with E-state index in [1.54, 1.807) is 48.5 Å². The van der Waals surface area contributed by atoms with E-state index in [0.29, 0.717) is 22.0 Å². The molecule has 9 heteroatoms. The lowest BCUT2D eigenvalue weighted by atomic mass is 10.2. The molecular formula is C26H22N2O6S. The molecule has 3 aromatic rings. The standard InChI is InChI=1S/C26H22N2O6S/c1-18-6-10-21(11-7-18)33-15-14-27-25(29)24(35-26(27)30)16-19-8-12-22(13-9-19)34-17-20-4-2-3-5-23(20)28(31)32/h2-13,16H,14-15,17H2,1H3/b24-16-. The number of nitro groups is 1. The molecule has 2 amide bonds. The highest BCUT2D eigenvalue weighted by atomic mass is 32.2. The predicted molar refractivity (Wildman–Crippen MR) is 133 cm³/mol. The van der Waals surface area contributed by atoms with Crippen molar-refractivity contribution in [2.45, 2.75) is 13.5 Å². The summed E-state index contributed by atoms with van der Waals surface area (Å²) < 4.78 is 11.3. The highest BCUT2D eigenvalue weighted by molar-refractivity contribution is 8.18. The quantitative estimate of drug-likeness (QED) is 0.219. The van der Waals surface area contributed by atoms with Gasteiger partial charge >= 0.3 is 0 Å². The first-order valence-corrected chi connectivity index (χ1v) is 11.6. The highest BCUT2D eigenvalue weighted by Crippen LogP contribution is 2.32. The Balaban J connectivity index is 1.33. The molecule has 0 bridgehead atoms. The molecule has 0 atom stereocenters. The van der Waals surface area contributed by atoms with Gasteiger partial charge in [-0.25, -0.2) is 0 Å². The monoisotopic (exact) mass is 490 g/mol. The summed E-state index contributed by atoms with van der Waals surface area (Å²) in [6, 6.07) is 20.9. The Hall–Kier alpha value is -4.11. The van der Waals surface area contributed by atoms with E-state index >= 15 is 0 Å². The van der Waals surface area contributed by atoms with Crippen molar-refractivity contribution in [1.29, 1.82) is 0 Å². The number of imide groups is 1. The fraction of sp³-hybridized carbons (Fsp3) is 0.154. The topological polar surface area (TPSA) is 99.0 Å². The van der Waals surface area contributed by atoms with Gasteiger partial charge in [-0.3, -0.25) is 24.6 Å². The van der Waals surface area contributed by atoms with Gasteiger partial charge in [0, 0.05) is 6.07 Å². The van der Waals surface area contributed by atoms with Crippen molar-refractivity contribution in [1.82, 2.24) is 4.90 Å². The second kappa shape index (κ2) is 10.9. The third-order valence-corrected chi connectivity index (χ3v) is 6.15. The first kappa shape index (κ1) is 24.0. The zero-order chi connectivity index (χ0) is 24.8. The van der Waals surface area contributed by atoms with Gasteiger partial charge in [0.05, 0.1) is 21.9 Å². The molecule has 4 rings (SSSR count). The van der Waals surface area contributed by atoms with E-state index in [1.165, 1.54) is 11.0 Å². The van der Waals surface area contributed by atoms with Gasteiger partial charge in [-0.1, -0.05) is 42.0 Å². The Morgan fingerprint density at radius 2 is 1.60 bits per heavy atom. The van der Waals surface area contributed by atoms with E-state index in [0.717, 1.165) is 22.9 Å².